The van der Waals surface area contributed by atoms with Crippen molar-refractivity contribution in [3.8, 4) is 0 Å². The van der Waals surface area contributed by atoms with Gasteiger partial charge in [0.25, 0.3) is 0 Å². The van der Waals surface area contributed by atoms with Gasteiger partial charge in [-0.2, -0.15) is 0 Å². The SMILES string of the molecule is CCCCCCCCCCCCCCC[N+](C)(C)C.[Br-]. The van der Waals surface area contributed by atoms with Gasteiger partial charge in [0.15, 0.2) is 0 Å². The minimum atomic E-state index is 0. The zero-order valence-corrected chi connectivity index (χ0v) is 16.3. The van der Waals surface area contributed by atoms with E-state index >= 15 is 0 Å². The van der Waals surface area contributed by atoms with Crippen LogP contribution in [0.25, 0.3) is 0 Å². The van der Waals surface area contributed by atoms with Gasteiger partial charge in [-0.3, -0.25) is 0 Å². The van der Waals surface area contributed by atoms with Crippen LogP contribution in [0.2, 0.25) is 0 Å². The molecule has 0 aromatic carbocycles. The molecule has 0 aromatic rings. The lowest BCUT2D eigenvalue weighted by atomic mass is 10.0. The van der Waals surface area contributed by atoms with Crippen molar-refractivity contribution in [3.63, 3.8) is 0 Å². The van der Waals surface area contributed by atoms with Gasteiger partial charge in [-0.25, -0.2) is 0 Å². The highest BCUT2D eigenvalue weighted by Crippen LogP contribution is 2.12. The molecule has 0 heterocycles. The molecule has 0 unspecified atom stereocenters. The Kier molecular flexibility index (Phi) is 18.0. The van der Waals surface area contributed by atoms with E-state index < -0.39 is 0 Å². The van der Waals surface area contributed by atoms with Crippen LogP contribution in [0.1, 0.15) is 90.4 Å². The van der Waals surface area contributed by atoms with Crippen LogP contribution in [0.3, 0.4) is 0 Å². The maximum Gasteiger partial charge on any atom is 0.0780 e. The van der Waals surface area contributed by atoms with Crippen molar-refractivity contribution in [2.75, 3.05) is 27.7 Å². The number of rotatable bonds is 14. The molecular weight excluding hydrogens is 310 g/mol. The lowest BCUT2D eigenvalue weighted by Crippen LogP contribution is -3.00. The summed E-state index contributed by atoms with van der Waals surface area (Å²) in [6, 6.07) is 0. The van der Waals surface area contributed by atoms with Gasteiger partial charge in [0.05, 0.1) is 27.7 Å². The lowest BCUT2D eigenvalue weighted by molar-refractivity contribution is -0.870. The second kappa shape index (κ2) is 15.8. The predicted octanol–water partition coefficient (Wildman–Crippen LogP) is 2.79. The van der Waals surface area contributed by atoms with Crippen LogP contribution in [0.5, 0.6) is 0 Å². The van der Waals surface area contributed by atoms with Gasteiger partial charge >= 0.3 is 0 Å². The average Bonchev–Trinajstić information content (AvgIpc) is 2.34. The van der Waals surface area contributed by atoms with Crippen LogP contribution >= 0.6 is 0 Å². The number of quaternary nitrogens is 1. The number of hydrogen-bond acceptors (Lipinski definition) is 0. The largest absolute Gasteiger partial charge is 1.00 e. The van der Waals surface area contributed by atoms with Crippen LogP contribution in [-0.2, 0) is 0 Å². The Morgan fingerprint density at radius 2 is 0.800 bits per heavy atom. The second-order valence-corrected chi connectivity index (χ2v) is 7.26. The monoisotopic (exact) mass is 349 g/mol. The molecule has 0 aromatic heterocycles. The molecule has 0 fully saturated rings. The third-order valence-electron chi connectivity index (χ3n) is 3.93. The first-order valence-corrected chi connectivity index (χ1v) is 8.86. The fourth-order valence-electron chi connectivity index (χ4n) is 2.60. The summed E-state index contributed by atoms with van der Waals surface area (Å²) in [5.74, 6) is 0. The van der Waals surface area contributed by atoms with E-state index in [0.717, 1.165) is 4.48 Å². The van der Waals surface area contributed by atoms with Crippen molar-refractivity contribution in [2.24, 2.45) is 0 Å². The quantitative estimate of drug-likeness (QED) is 0.334. The van der Waals surface area contributed by atoms with E-state index in [0.29, 0.717) is 0 Å². The third kappa shape index (κ3) is 20.8. The smallest absolute Gasteiger partial charge is 0.0780 e. The molecule has 0 aliphatic heterocycles. The number of unbranched alkanes of at least 4 members (excludes halogenated alkanes) is 12. The number of hydrogen-bond donors (Lipinski definition) is 0. The molecule has 0 aliphatic carbocycles. The van der Waals surface area contributed by atoms with Gasteiger partial charge in [0.2, 0.25) is 0 Å². The van der Waals surface area contributed by atoms with Crippen LogP contribution in [0.4, 0.5) is 0 Å². The van der Waals surface area contributed by atoms with Crippen molar-refractivity contribution >= 4 is 0 Å². The zero-order valence-electron chi connectivity index (χ0n) is 14.7. The average molecular weight is 350 g/mol. The van der Waals surface area contributed by atoms with E-state index in [9.17, 15) is 0 Å². The minimum absolute atomic E-state index is 0. The summed E-state index contributed by atoms with van der Waals surface area (Å²) in [5, 5.41) is 0. The van der Waals surface area contributed by atoms with Crippen LogP contribution in [-0.4, -0.2) is 32.2 Å². The van der Waals surface area contributed by atoms with Crippen molar-refractivity contribution in [3.05, 3.63) is 0 Å². The summed E-state index contributed by atoms with van der Waals surface area (Å²) in [5.41, 5.74) is 0. The fourth-order valence-corrected chi connectivity index (χ4v) is 2.60. The van der Waals surface area contributed by atoms with Crippen LogP contribution in [0, 0.1) is 0 Å². The van der Waals surface area contributed by atoms with Gasteiger partial charge in [-0.1, -0.05) is 77.6 Å². The highest BCUT2D eigenvalue weighted by Gasteiger charge is 2.04. The highest BCUT2D eigenvalue weighted by molar-refractivity contribution is 4.48. The van der Waals surface area contributed by atoms with Crippen molar-refractivity contribution < 1.29 is 21.5 Å². The minimum Gasteiger partial charge on any atom is -1.00 e. The van der Waals surface area contributed by atoms with Gasteiger partial charge < -0.3 is 21.5 Å². The molecule has 0 rings (SSSR count). The first-order valence-electron chi connectivity index (χ1n) is 8.86. The molecule has 0 saturated carbocycles. The van der Waals surface area contributed by atoms with Crippen LogP contribution in [0.15, 0.2) is 0 Å². The molecule has 1 nitrogen and oxygen atoms in total. The molecule has 20 heavy (non-hydrogen) atoms. The zero-order chi connectivity index (χ0) is 14.4. The van der Waals surface area contributed by atoms with E-state index in [-0.39, 0.29) is 17.0 Å². The number of nitrogens with zero attached hydrogens (tertiary/aromatic N) is 1. The summed E-state index contributed by atoms with van der Waals surface area (Å²) >= 11 is 0. The first kappa shape index (κ1) is 22.7. The van der Waals surface area contributed by atoms with E-state index in [2.05, 4.69) is 28.1 Å². The molecule has 2 heteroatoms. The van der Waals surface area contributed by atoms with Crippen molar-refractivity contribution in [1.29, 1.82) is 0 Å². The van der Waals surface area contributed by atoms with E-state index in [4.69, 9.17) is 0 Å². The Balaban J connectivity index is 0. The fraction of sp³-hybridized carbons (Fsp3) is 1.00. The Morgan fingerprint density at radius 3 is 1.10 bits per heavy atom. The first-order chi connectivity index (χ1) is 9.06. The summed E-state index contributed by atoms with van der Waals surface area (Å²) in [7, 11) is 6.88. The standard InChI is InChI=1S/C18H40N.BrH/c1-5-6-7-8-9-10-11-12-13-14-15-16-17-18-19(2,3)4;/h5-18H2,1-4H3;1H/q+1;/p-1. The van der Waals surface area contributed by atoms with Gasteiger partial charge in [-0.05, 0) is 12.8 Å². The van der Waals surface area contributed by atoms with Crippen molar-refractivity contribution in [2.45, 2.75) is 90.4 Å². The Bertz CT molecular complexity index is 175. The van der Waals surface area contributed by atoms with E-state index in [1.807, 2.05) is 0 Å². The molecule has 0 spiro atoms. The maximum absolute atomic E-state index is 2.29. The molecule has 0 amide bonds. The number of halogens is 1. The summed E-state index contributed by atoms with van der Waals surface area (Å²) in [4.78, 5) is 0. The Morgan fingerprint density at radius 1 is 0.500 bits per heavy atom. The summed E-state index contributed by atoms with van der Waals surface area (Å²) in [6.07, 6.45) is 18.9. The topological polar surface area (TPSA) is 0 Å². The van der Waals surface area contributed by atoms with Gasteiger partial charge in [0, 0.05) is 0 Å². The van der Waals surface area contributed by atoms with Gasteiger partial charge in [-0.15, -0.1) is 0 Å². The lowest BCUT2D eigenvalue weighted by Gasteiger charge is -2.23. The van der Waals surface area contributed by atoms with E-state index in [1.54, 1.807) is 0 Å². The third-order valence-corrected chi connectivity index (χ3v) is 3.93. The molecule has 124 valence electrons. The molecule has 0 N–H and O–H groups in total. The highest BCUT2D eigenvalue weighted by atomic mass is 79.9. The molecule has 0 aliphatic rings. The molecular formula is C18H40BrN. The van der Waals surface area contributed by atoms with Crippen LogP contribution < -0.4 is 17.0 Å². The second-order valence-electron chi connectivity index (χ2n) is 7.26. The molecule has 0 atom stereocenters. The summed E-state index contributed by atoms with van der Waals surface area (Å²) in [6.45, 7) is 3.62. The molecule has 0 saturated heterocycles. The Hall–Kier alpha value is 0.440. The van der Waals surface area contributed by atoms with Gasteiger partial charge in [0.1, 0.15) is 0 Å². The predicted molar refractivity (Wildman–Crippen MR) is 88.6 cm³/mol. The normalized spacial score (nSPS) is 11.4. The summed E-state index contributed by atoms with van der Waals surface area (Å²) < 4.78 is 1.12. The Labute approximate surface area is 139 Å². The molecule has 0 radical (unpaired) electrons. The van der Waals surface area contributed by atoms with Crippen molar-refractivity contribution in [1.82, 2.24) is 0 Å². The van der Waals surface area contributed by atoms with E-state index in [1.165, 1.54) is 90.0 Å². The molecule has 0 bridgehead atoms. The maximum atomic E-state index is 2.29.